The molecule has 0 heterocycles. The molecule has 0 saturated carbocycles. The molecule has 0 aliphatic carbocycles. The van der Waals surface area contributed by atoms with E-state index in [4.69, 9.17) is 16.3 Å². The quantitative estimate of drug-likeness (QED) is 0.793. The van der Waals surface area contributed by atoms with Gasteiger partial charge in [0.2, 0.25) is 0 Å². The second-order valence-corrected chi connectivity index (χ2v) is 4.44. The molecule has 4 heteroatoms. The summed E-state index contributed by atoms with van der Waals surface area (Å²) < 4.78 is 18.7. The first-order chi connectivity index (χ1) is 9.11. The molecule has 19 heavy (non-hydrogen) atoms. The van der Waals surface area contributed by atoms with Gasteiger partial charge in [-0.2, -0.15) is 0 Å². The Hall–Kier alpha value is -1.87. The normalized spacial score (nSPS) is 10.3. The molecule has 0 fully saturated rings. The molecule has 0 bridgehead atoms. The van der Waals surface area contributed by atoms with E-state index in [1.165, 1.54) is 19.2 Å². The van der Waals surface area contributed by atoms with Crippen LogP contribution in [0.5, 0.6) is 5.75 Å². The fraction of sp³-hybridized carbons (Fsp3) is 0.133. The molecule has 0 atom stereocenters. The van der Waals surface area contributed by atoms with Gasteiger partial charge in [-0.05, 0) is 23.8 Å². The summed E-state index contributed by atoms with van der Waals surface area (Å²) in [6.07, 6.45) is 0.0723. The van der Waals surface area contributed by atoms with Gasteiger partial charge in [0.05, 0.1) is 12.7 Å². The molecule has 0 aliphatic rings. The standard InChI is InChI=1S/C15H12ClFO2/c1-19-11-6-7-12(14(17)9-11)15(18)8-10-4-2-3-5-13(10)16/h2-7,9H,8H2,1H3. The number of carbonyl (C=O) groups is 1. The molecule has 0 amide bonds. The number of carbonyl (C=O) groups excluding carboxylic acids is 1. The van der Waals surface area contributed by atoms with E-state index in [1.54, 1.807) is 30.3 Å². The van der Waals surface area contributed by atoms with Gasteiger partial charge >= 0.3 is 0 Å². The average molecular weight is 279 g/mol. The van der Waals surface area contributed by atoms with Crippen LogP contribution in [-0.4, -0.2) is 12.9 Å². The maximum Gasteiger partial charge on any atom is 0.170 e. The van der Waals surface area contributed by atoms with Crippen molar-refractivity contribution in [2.45, 2.75) is 6.42 Å². The Bertz CT molecular complexity index is 611. The molecule has 0 saturated heterocycles. The second kappa shape index (κ2) is 5.85. The summed E-state index contributed by atoms with van der Waals surface area (Å²) in [6.45, 7) is 0. The van der Waals surface area contributed by atoms with Crippen molar-refractivity contribution in [3.8, 4) is 5.75 Å². The molecule has 0 radical (unpaired) electrons. The first-order valence-corrected chi connectivity index (χ1v) is 6.09. The van der Waals surface area contributed by atoms with Gasteiger partial charge in [0.15, 0.2) is 5.78 Å². The van der Waals surface area contributed by atoms with Crippen LogP contribution in [-0.2, 0) is 6.42 Å². The lowest BCUT2D eigenvalue weighted by Gasteiger charge is -2.06. The molecule has 2 aromatic carbocycles. The van der Waals surface area contributed by atoms with Crippen molar-refractivity contribution in [3.05, 3.63) is 64.4 Å². The number of Topliss-reactive ketones (excluding diaryl/α,β-unsaturated/α-hetero) is 1. The maximum absolute atomic E-state index is 13.8. The highest BCUT2D eigenvalue weighted by Gasteiger charge is 2.14. The number of hydrogen-bond donors (Lipinski definition) is 0. The highest BCUT2D eigenvalue weighted by atomic mass is 35.5. The van der Waals surface area contributed by atoms with Crippen LogP contribution in [0.15, 0.2) is 42.5 Å². The van der Waals surface area contributed by atoms with E-state index < -0.39 is 5.82 Å². The van der Waals surface area contributed by atoms with Gasteiger partial charge in [-0.1, -0.05) is 29.8 Å². The highest BCUT2D eigenvalue weighted by Crippen LogP contribution is 2.20. The minimum atomic E-state index is -0.587. The first kappa shape index (κ1) is 13.6. The number of ketones is 1. The van der Waals surface area contributed by atoms with Crippen molar-refractivity contribution in [3.63, 3.8) is 0 Å². The van der Waals surface area contributed by atoms with Crippen LogP contribution in [0.4, 0.5) is 4.39 Å². The van der Waals surface area contributed by atoms with E-state index in [0.717, 1.165) is 0 Å². The van der Waals surface area contributed by atoms with E-state index in [0.29, 0.717) is 16.3 Å². The fourth-order valence-corrected chi connectivity index (χ4v) is 1.96. The maximum atomic E-state index is 13.8. The zero-order chi connectivity index (χ0) is 13.8. The van der Waals surface area contributed by atoms with Gasteiger partial charge in [0, 0.05) is 17.5 Å². The van der Waals surface area contributed by atoms with Crippen LogP contribution in [0.2, 0.25) is 5.02 Å². The predicted molar refractivity (Wildman–Crippen MR) is 72.4 cm³/mol. The van der Waals surface area contributed by atoms with Crippen molar-refractivity contribution in [1.29, 1.82) is 0 Å². The summed E-state index contributed by atoms with van der Waals surface area (Å²) in [7, 11) is 1.44. The summed E-state index contributed by atoms with van der Waals surface area (Å²) in [4.78, 5) is 12.0. The zero-order valence-electron chi connectivity index (χ0n) is 10.3. The Morgan fingerprint density at radius 2 is 2.00 bits per heavy atom. The monoisotopic (exact) mass is 278 g/mol. The van der Waals surface area contributed by atoms with E-state index >= 15 is 0 Å². The Labute approximate surface area is 115 Å². The first-order valence-electron chi connectivity index (χ1n) is 5.72. The number of hydrogen-bond acceptors (Lipinski definition) is 2. The Morgan fingerprint density at radius 3 is 2.63 bits per heavy atom. The van der Waals surface area contributed by atoms with Crippen molar-refractivity contribution in [2.75, 3.05) is 7.11 Å². The molecule has 98 valence electrons. The number of benzene rings is 2. The summed E-state index contributed by atoms with van der Waals surface area (Å²) in [5, 5.41) is 0.504. The third-order valence-electron chi connectivity index (χ3n) is 2.79. The summed E-state index contributed by atoms with van der Waals surface area (Å²) >= 11 is 5.98. The third-order valence-corrected chi connectivity index (χ3v) is 3.15. The molecule has 0 spiro atoms. The Morgan fingerprint density at radius 1 is 1.26 bits per heavy atom. The average Bonchev–Trinajstić information content (AvgIpc) is 2.41. The Kier molecular flexibility index (Phi) is 4.17. The number of ether oxygens (including phenoxy) is 1. The molecule has 2 nitrogen and oxygen atoms in total. The fourth-order valence-electron chi connectivity index (χ4n) is 1.76. The van der Waals surface area contributed by atoms with E-state index in [9.17, 15) is 9.18 Å². The summed E-state index contributed by atoms with van der Waals surface area (Å²) in [5.74, 6) is -0.517. The van der Waals surface area contributed by atoms with Gasteiger partial charge < -0.3 is 4.74 Å². The van der Waals surface area contributed by atoms with Gasteiger partial charge in [0.25, 0.3) is 0 Å². The van der Waals surface area contributed by atoms with Gasteiger partial charge in [-0.15, -0.1) is 0 Å². The van der Waals surface area contributed by atoms with Crippen LogP contribution in [0, 0.1) is 5.82 Å². The third kappa shape index (κ3) is 3.12. The van der Waals surface area contributed by atoms with Gasteiger partial charge in [-0.3, -0.25) is 4.79 Å². The molecule has 2 aromatic rings. The minimum Gasteiger partial charge on any atom is -0.497 e. The summed E-state index contributed by atoms with van der Waals surface area (Å²) in [5.41, 5.74) is 0.727. The Balaban J connectivity index is 2.23. The van der Waals surface area contributed by atoms with E-state index in [1.807, 2.05) is 0 Å². The number of rotatable bonds is 4. The molecule has 0 aliphatic heterocycles. The largest absolute Gasteiger partial charge is 0.497 e. The van der Waals surface area contributed by atoms with Gasteiger partial charge in [-0.25, -0.2) is 4.39 Å². The van der Waals surface area contributed by atoms with Crippen LogP contribution in [0.3, 0.4) is 0 Å². The van der Waals surface area contributed by atoms with Crippen molar-refractivity contribution < 1.29 is 13.9 Å². The smallest absolute Gasteiger partial charge is 0.170 e. The van der Waals surface area contributed by atoms with Crippen LogP contribution in [0.25, 0.3) is 0 Å². The number of methoxy groups -OCH3 is 1. The van der Waals surface area contributed by atoms with Crippen LogP contribution >= 0.6 is 11.6 Å². The van der Waals surface area contributed by atoms with Crippen molar-refractivity contribution in [2.24, 2.45) is 0 Å². The predicted octanol–water partition coefficient (Wildman–Crippen LogP) is 3.91. The molecule has 2 rings (SSSR count). The molecular weight excluding hydrogens is 267 g/mol. The van der Waals surface area contributed by atoms with E-state index in [2.05, 4.69) is 0 Å². The minimum absolute atomic E-state index is 0.0423. The lowest BCUT2D eigenvalue weighted by molar-refractivity contribution is 0.0989. The summed E-state index contributed by atoms with van der Waals surface area (Å²) in [6, 6.07) is 11.2. The molecule has 0 N–H and O–H groups in total. The van der Waals surface area contributed by atoms with Gasteiger partial charge in [0.1, 0.15) is 11.6 Å². The lowest BCUT2D eigenvalue weighted by Crippen LogP contribution is -2.06. The molecule has 0 aromatic heterocycles. The highest BCUT2D eigenvalue weighted by molar-refractivity contribution is 6.31. The topological polar surface area (TPSA) is 26.3 Å². The van der Waals surface area contributed by atoms with Crippen molar-refractivity contribution >= 4 is 17.4 Å². The molecular formula is C15H12ClFO2. The van der Waals surface area contributed by atoms with E-state index in [-0.39, 0.29) is 17.8 Å². The number of halogens is 2. The lowest BCUT2D eigenvalue weighted by atomic mass is 10.0. The second-order valence-electron chi connectivity index (χ2n) is 4.04. The SMILES string of the molecule is COc1ccc(C(=O)Cc2ccccc2Cl)c(F)c1. The zero-order valence-corrected chi connectivity index (χ0v) is 11.1. The molecule has 0 unspecified atom stereocenters. The van der Waals surface area contributed by atoms with Crippen molar-refractivity contribution in [1.82, 2.24) is 0 Å². The van der Waals surface area contributed by atoms with Crippen LogP contribution in [0.1, 0.15) is 15.9 Å². The van der Waals surface area contributed by atoms with Crippen LogP contribution < -0.4 is 4.74 Å².